The summed E-state index contributed by atoms with van der Waals surface area (Å²) in [6.07, 6.45) is 6.32. The number of aromatic amines is 1. The largest absolute Gasteiger partial charge is 0.328 e. The highest BCUT2D eigenvalue weighted by molar-refractivity contribution is 5.48. The molecule has 1 N–H and O–H groups in total. The van der Waals surface area contributed by atoms with Crippen molar-refractivity contribution >= 4 is 0 Å². The molecule has 0 atom stereocenters. The molecular weight excluding hydrogens is 228 g/mol. The standard InChI is InChI=1S/C13H18N4O/c1-3-5-10-7-12(18)16-13(15-10)11-8-14-9-17(11)6-4-2/h7-9H,3-6H2,1-2H3,(H,15,16,18). The second kappa shape index (κ2) is 5.62. The molecule has 0 aliphatic carbocycles. The number of hydrogen-bond donors (Lipinski definition) is 1. The monoisotopic (exact) mass is 246 g/mol. The van der Waals surface area contributed by atoms with Crippen molar-refractivity contribution < 1.29 is 0 Å². The molecule has 0 aliphatic rings. The summed E-state index contributed by atoms with van der Waals surface area (Å²) >= 11 is 0. The molecule has 2 heterocycles. The summed E-state index contributed by atoms with van der Waals surface area (Å²) < 4.78 is 2.01. The van der Waals surface area contributed by atoms with E-state index in [9.17, 15) is 4.79 Å². The first-order valence-corrected chi connectivity index (χ1v) is 6.35. The lowest BCUT2D eigenvalue weighted by Gasteiger charge is -2.07. The lowest BCUT2D eigenvalue weighted by Crippen LogP contribution is -2.12. The van der Waals surface area contributed by atoms with Crippen molar-refractivity contribution in [2.45, 2.75) is 39.7 Å². The highest BCUT2D eigenvalue weighted by atomic mass is 16.1. The van der Waals surface area contributed by atoms with Gasteiger partial charge in [-0.05, 0) is 12.8 Å². The van der Waals surface area contributed by atoms with E-state index >= 15 is 0 Å². The van der Waals surface area contributed by atoms with E-state index in [1.807, 2.05) is 4.57 Å². The number of aryl methyl sites for hydroxylation is 2. The third-order valence-electron chi connectivity index (χ3n) is 2.72. The van der Waals surface area contributed by atoms with E-state index in [1.54, 1.807) is 18.6 Å². The van der Waals surface area contributed by atoms with Gasteiger partial charge in [0.25, 0.3) is 5.56 Å². The van der Waals surface area contributed by atoms with E-state index in [-0.39, 0.29) is 5.56 Å². The van der Waals surface area contributed by atoms with Crippen LogP contribution in [0.1, 0.15) is 32.4 Å². The van der Waals surface area contributed by atoms with Crippen LogP contribution in [0.4, 0.5) is 0 Å². The number of imidazole rings is 1. The predicted octanol–water partition coefficient (Wildman–Crippen LogP) is 2.00. The molecule has 0 saturated heterocycles. The molecule has 0 bridgehead atoms. The van der Waals surface area contributed by atoms with E-state index < -0.39 is 0 Å². The Balaban J connectivity index is 2.43. The summed E-state index contributed by atoms with van der Waals surface area (Å²) in [5.41, 5.74) is 1.60. The first-order chi connectivity index (χ1) is 8.74. The Morgan fingerprint density at radius 2 is 2.17 bits per heavy atom. The minimum absolute atomic E-state index is 0.104. The molecular formula is C13H18N4O. The summed E-state index contributed by atoms with van der Waals surface area (Å²) in [6.45, 7) is 5.05. The van der Waals surface area contributed by atoms with Crippen LogP contribution in [0.15, 0.2) is 23.4 Å². The summed E-state index contributed by atoms with van der Waals surface area (Å²) in [6, 6.07) is 1.56. The number of rotatable bonds is 5. The average molecular weight is 246 g/mol. The molecule has 5 nitrogen and oxygen atoms in total. The number of H-pyrrole nitrogens is 1. The Bertz CT molecular complexity index is 570. The lowest BCUT2D eigenvalue weighted by molar-refractivity contribution is 0.680. The first kappa shape index (κ1) is 12.5. The second-order valence-electron chi connectivity index (χ2n) is 4.31. The van der Waals surface area contributed by atoms with Crippen LogP contribution in [-0.2, 0) is 13.0 Å². The van der Waals surface area contributed by atoms with Crippen molar-refractivity contribution in [1.82, 2.24) is 19.5 Å². The summed E-state index contributed by atoms with van der Waals surface area (Å²) in [5.74, 6) is 0.608. The fourth-order valence-corrected chi connectivity index (χ4v) is 1.95. The zero-order valence-electron chi connectivity index (χ0n) is 10.8. The zero-order chi connectivity index (χ0) is 13.0. The van der Waals surface area contributed by atoms with Crippen molar-refractivity contribution in [2.75, 3.05) is 0 Å². The smallest absolute Gasteiger partial charge is 0.251 e. The Hall–Kier alpha value is -1.91. The molecule has 18 heavy (non-hydrogen) atoms. The van der Waals surface area contributed by atoms with Gasteiger partial charge in [-0.3, -0.25) is 4.79 Å². The maximum absolute atomic E-state index is 11.6. The van der Waals surface area contributed by atoms with Gasteiger partial charge in [-0.25, -0.2) is 9.97 Å². The normalized spacial score (nSPS) is 10.8. The van der Waals surface area contributed by atoms with E-state index in [2.05, 4.69) is 28.8 Å². The molecule has 0 aromatic carbocycles. The molecule has 0 spiro atoms. The number of nitrogens with zero attached hydrogens (tertiary/aromatic N) is 3. The molecule has 2 aromatic rings. The molecule has 0 radical (unpaired) electrons. The quantitative estimate of drug-likeness (QED) is 0.877. The van der Waals surface area contributed by atoms with Crippen LogP contribution in [-0.4, -0.2) is 19.5 Å². The van der Waals surface area contributed by atoms with Gasteiger partial charge in [-0.1, -0.05) is 20.3 Å². The van der Waals surface area contributed by atoms with Gasteiger partial charge in [0.2, 0.25) is 0 Å². The Kier molecular flexibility index (Phi) is 3.92. The highest BCUT2D eigenvalue weighted by Crippen LogP contribution is 2.14. The maximum atomic E-state index is 11.6. The topological polar surface area (TPSA) is 63.6 Å². The molecule has 0 unspecified atom stereocenters. The molecule has 0 aliphatic heterocycles. The van der Waals surface area contributed by atoms with Crippen molar-refractivity contribution in [3.05, 3.63) is 34.6 Å². The third-order valence-corrected chi connectivity index (χ3v) is 2.72. The SMILES string of the molecule is CCCc1cc(=O)[nH]c(-c2cncn2CCC)n1. The second-order valence-corrected chi connectivity index (χ2v) is 4.31. The first-order valence-electron chi connectivity index (χ1n) is 6.35. The van der Waals surface area contributed by atoms with Gasteiger partial charge >= 0.3 is 0 Å². The van der Waals surface area contributed by atoms with Crippen molar-refractivity contribution in [3.8, 4) is 11.5 Å². The maximum Gasteiger partial charge on any atom is 0.251 e. The Labute approximate surface area is 106 Å². The summed E-state index contributed by atoms with van der Waals surface area (Å²) in [4.78, 5) is 23.0. The van der Waals surface area contributed by atoms with Gasteiger partial charge in [-0.2, -0.15) is 0 Å². The van der Waals surface area contributed by atoms with Crippen LogP contribution >= 0.6 is 0 Å². The van der Waals surface area contributed by atoms with Gasteiger partial charge in [0.1, 0.15) is 5.69 Å². The molecule has 96 valence electrons. The van der Waals surface area contributed by atoms with Crippen molar-refractivity contribution in [2.24, 2.45) is 0 Å². The van der Waals surface area contributed by atoms with Crippen molar-refractivity contribution in [3.63, 3.8) is 0 Å². The molecule has 5 heteroatoms. The van der Waals surface area contributed by atoms with Crippen molar-refractivity contribution in [1.29, 1.82) is 0 Å². The van der Waals surface area contributed by atoms with Crippen LogP contribution < -0.4 is 5.56 Å². The van der Waals surface area contributed by atoms with E-state index in [0.717, 1.165) is 37.2 Å². The summed E-state index contributed by atoms with van der Waals surface area (Å²) in [5, 5.41) is 0. The zero-order valence-corrected chi connectivity index (χ0v) is 10.8. The van der Waals surface area contributed by atoms with Gasteiger partial charge < -0.3 is 9.55 Å². The number of aromatic nitrogens is 4. The van der Waals surface area contributed by atoms with Crippen LogP contribution in [0.2, 0.25) is 0 Å². The molecule has 0 amide bonds. The predicted molar refractivity (Wildman–Crippen MR) is 70.4 cm³/mol. The average Bonchev–Trinajstić information content (AvgIpc) is 2.77. The van der Waals surface area contributed by atoms with Gasteiger partial charge in [0.05, 0.1) is 12.5 Å². The number of hydrogen-bond acceptors (Lipinski definition) is 3. The number of nitrogens with one attached hydrogen (secondary N) is 1. The fourth-order valence-electron chi connectivity index (χ4n) is 1.95. The van der Waals surface area contributed by atoms with E-state index in [4.69, 9.17) is 0 Å². The van der Waals surface area contributed by atoms with Gasteiger partial charge in [-0.15, -0.1) is 0 Å². The Morgan fingerprint density at radius 1 is 1.33 bits per heavy atom. The summed E-state index contributed by atoms with van der Waals surface area (Å²) in [7, 11) is 0. The van der Waals surface area contributed by atoms with Crippen LogP contribution in [0, 0.1) is 0 Å². The minimum Gasteiger partial charge on any atom is -0.328 e. The van der Waals surface area contributed by atoms with Gasteiger partial charge in [0.15, 0.2) is 5.82 Å². The molecule has 2 rings (SSSR count). The highest BCUT2D eigenvalue weighted by Gasteiger charge is 2.08. The van der Waals surface area contributed by atoms with Crippen LogP contribution in [0.25, 0.3) is 11.5 Å². The molecule has 2 aromatic heterocycles. The Morgan fingerprint density at radius 3 is 2.89 bits per heavy atom. The minimum atomic E-state index is -0.104. The fraction of sp³-hybridized carbons (Fsp3) is 0.462. The van der Waals surface area contributed by atoms with Crippen LogP contribution in [0.5, 0.6) is 0 Å². The van der Waals surface area contributed by atoms with Gasteiger partial charge in [0, 0.05) is 18.3 Å². The van der Waals surface area contributed by atoms with E-state index in [1.165, 1.54) is 0 Å². The lowest BCUT2D eigenvalue weighted by atomic mass is 10.2. The third kappa shape index (κ3) is 2.67. The molecule has 0 fully saturated rings. The van der Waals surface area contributed by atoms with Crippen LogP contribution in [0.3, 0.4) is 0 Å². The van der Waals surface area contributed by atoms with E-state index in [0.29, 0.717) is 5.82 Å². The molecule has 0 saturated carbocycles.